The zero-order valence-corrected chi connectivity index (χ0v) is 19.7. The van der Waals surface area contributed by atoms with Crippen molar-refractivity contribution in [2.75, 3.05) is 13.1 Å². The van der Waals surface area contributed by atoms with Crippen LogP contribution in [-0.2, 0) is 6.42 Å². The molecule has 0 saturated carbocycles. The largest absolute Gasteiger partial charge is 0.391 e. The quantitative estimate of drug-likeness (QED) is 0.307. The fourth-order valence-electron chi connectivity index (χ4n) is 5.27. The van der Waals surface area contributed by atoms with Crippen LogP contribution in [0.3, 0.4) is 0 Å². The minimum atomic E-state index is -0.441. The number of aryl methyl sites for hydroxylation is 1. The zero-order valence-electron chi connectivity index (χ0n) is 19.7. The minimum Gasteiger partial charge on any atom is -0.391 e. The molecule has 7 heteroatoms. The van der Waals surface area contributed by atoms with Crippen molar-refractivity contribution in [1.29, 1.82) is 0 Å². The lowest BCUT2D eigenvalue weighted by Gasteiger charge is -2.37. The van der Waals surface area contributed by atoms with Gasteiger partial charge in [-0.3, -0.25) is 4.57 Å². The van der Waals surface area contributed by atoms with E-state index in [-0.39, 0.29) is 6.04 Å². The van der Waals surface area contributed by atoms with Crippen LogP contribution >= 0.6 is 0 Å². The van der Waals surface area contributed by atoms with Crippen LogP contribution in [0.25, 0.3) is 16.6 Å². The number of hydrogen-bond acceptors (Lipinski definition) is 5. The highest BCUT2D eigenvalue weighted by atomic mass is 16.3. The summed E-state index contributed by atoms with van der Waals surface area (Å²) in [6.45, 7) is 3.92. The van der Waals surface area contributed by atoms with Crippen LogP contribution in [0.1, 0.15) is 43.4 Å². The second-order valence-electron chi connectivity index (χ2n) is 9.46. The lowest BCUT2D eigenvalue weighted by atomic mass is 9.86. The molecule has 1 fully saturated rings. The Balaban J connectivity index is 1.24. The Hall–Kier alpha value is -3.00. The smallest absolute Gasteiger partial charge is 0.123 e. The Morgan fingerprint density at radius 3 is 2.76 bits per heavy atom. The van der Waals surface area contributed by atoms with E-state index < -0.39 is 6.10 Å². The molecule has 178 valence electrons. The third kappa shape index (κ3) is 5.06. The van der Waals surface area contributed by atoms with Crippen molar-refractivity contribution in [3.63, 3.8) is 0 Å². The maximum absolute atomic E-state index is 10.5. The SMILES string of the molecule is CC(O)[C@H](NC1CCNCC1CCCc1c[nH]c2ccc(-n3cnnc3)cc12)c1ccccc1. The summed E-state index contributed by atoms with van der Waals surface area (Å²) < 4.78 is 1.94. The van der Waals surface area contributed by atoms with E-state index in [9.17, 15) is 5.11 Å². The molecule has 4 aromatic rings. The van der Waals surface area contributed by atoms with Crippen molar-refractivity contribution < 1.29 is 5.11 Å². The van der Waals surface area contributed by atoms with E-state index in [4.69, 9.17) is 0 Å². The van der Waals surface area contributed by atoms with Gasteiger partial charge < -0.3 is 20.7 Å². The summed E-state index contributed by atoms with van der Waals surface area (Å²) in [6.07, 6.45) is 9.55. The van der Waals surface area contributed by atoms with Gasteiger partial charge >= 0.3 is 0 Å². The summed E-state index contributed by atoms with van der Waals surface area (Å²) in [7, 11) is 0. The fourth-order valence-corrected chi connectivity index (χ4v) is 5.27. The molecule has 1 aliphatic rings. The van der Waals surface area contributed by atoms with Crippen LogP contribution in [0.4, 0.5) is 0 Å². The summed E-state index contributed by atoms with van der Waals surface area (Å²) in [5, 5.41) is 27.0. The number of aromatic nitrogens is 4. The van der Waals surface area contributed by atoms with Crippen LogP contribution in [0.2, 0.25) is 0 Å². The first-order chi connectivity index (χ1) is 16.7. The molecule has 2 aromatic carbocycles. The maximum Gasteiger partial charge on any atom is 0.123 e. The number of H-pyrrole nitrogens is 1. The number of rotatable bonds is 9. The van der Waals surface area contributed by atoms with Crippen molar-refractivity contribution >= 4 is 10.9 Å². The Bertz CT molecular complexity index is 1170. The van der Waals surface area contributed by atoms with Gasteiger partial charge in [0.1, 0.15) is 12.7 Å². The minimum absolute atomic E-state index is 0.0449. The van der Waals surface area contributed by atoms with Crippen molar-refractivity contribution in [3.8, 4) is 5.69 Å². The number of aromatic amines is 1. The number of nitrogens with zero attached hydrogens (tertiary/aromatic N) is 3. The lowest BCUT2D eigenvalue weighted by Crippen LogP contribution is -2.50. The molecule has 0 spiro atoms. The van der Waals surface area contributed by atoms with Gasteiger partial charge in [0, 0.05) is 28.8 Å². The van der Waals surface area contributed by atoms with Crippen molar-refractivity contribution in [2.45, 2.75) is 50.8 Å². The van der Waals surface area contributed by atoms with E-state index in [2.05, 4.69) is 62.3 Å². The molecule has 0 aliphatic carbocycles. The molecular formula is C27H34N6O. The molecule has 0 radical (unpaired) electrons. The third-order valence-corrected chi connectivity index (χ3v) is 7.13. The number of piperidine rings is 1. The second kappa shape index (κ2) is 10.5. The van der Waals surface area contributed by atoms with Crippen molar-refractivity contribution in [1.82, 2.24) is 30.4 Å². The topological polar surface area (TPSA) is 90.8 Å². The summed E-state index contributed by atoms with van der Waals surface area (Å²) in [4.78, 5) is 3.42. The maximum atomic E-state index is 10.5. The van der Waals surface area contributed by atoms with Gasteiger partial charge in [-0.05, 0) is 80.9 Å². The van der Waals surface area contributed by atoms with Gasteiger partial charge in [0.05, 0.1) is 12.1 Å². The number of nitrogens with one attached hydrogen (secondary N) is 3. The first-order valence-electron chi connectivity index (χ1n) is 12.3. The van der Waals surface area contributed by atoms with Gasteiger partial charge in [0.15, 0.2) is 0 Å². The predicted molar refractivity (Wildman–Crippen MR) is 135 cm³/mol. The van der Waals surface area contributed by atoms with Crippen LogP contribution in [-0.4, -0.2) is 50.1 Å². The molecular weight excluding hydrogens is 424 g/mol. The highest BCUT2D eigenvalue weighted by Crippen LogP contribution is 2.27. The first-order valence-corrected chi connectivity index (χ1v) is 12.3. The average Bonchev–Trinajstić information content (AvgIpc) is 3.54. The molecule has 0 amide bonds. The van der Waals surface area contributed by atoms with E-state index >= 15 is 0 Å². The lowest BCUT2D eigenvalue weighted by molar-refractivity contribution is 0.122. The van der Waals surface area contributed by atoms with E-state index in [0.717, 1.165) is 55.5 Å². The Morgan fingerprint density at radius 1 is 1.15 bits per heavy atom. The average molecular weight is 459 g/mol. The fraction of sp³-hybridized carbons (Fsp3) is 0.407. The van der Waals surface area contributed by atoms with Gasteiger partial charge in [0.25, 0.3) is 0 Å². The molecule has 5 rings (SSSR count). The van der Waals surface area contributed by atoms with Crippen molar-refractivity contribution in [3.05, 3.63) is 78.5 Å². The van der Waals surface area contributed by atoms with Crippen LogP contribution < -0.4 is 10.6 Å². The Kier molecular flexibility index (Phi) is 7.04. The standard InChI is InChI=1S/C27H34N6O/c1-19(34)27(20-6-3-2-4-7-20)32-25-12-13-28-15-22(25)9-5-8-21-16-29-26-11-10-23(14-24(21)26)33-17-30-31-18-33/h2-4,6-7,10-11,14,16-19,22,25,27-29,32,34H,5,8-9,12-13,15H2,1H3/t19?,22?,25?,27-/m0/s1. The van der Waals surface area contributed by atoms with Gasteiger partial charge in [-0.1, -0.05) is 30.3 Å². The summed E-state index contributed by atoms with van der Waals surface area (Å²) in [6, 6.07) is 17.1. The summed E-state index contributed by atoms with van der Waals surface area (Å²) in [5.74, 6) is 0.538. The van der Waals surface area contributed by atoms with Gasteiger partial charge in [-0.25, -0.2) is 0 Å². The molecule has 3 heterocycles. The monoisotopic (exact) mass is 458 g/mol. The molecule has 1 saturated heterocycles. The van der Waals surface area contributed by atoms with Crippen LogP contribution in [0.15, 0.2) is 67.4 Å². The zero-order chi connectivity index (χ0) is 23.3. The Labute approximate surface area is 200 Å². The molecule has 34 heavy (non-hydrogen) atoms. The molecule has 1 aliphatic heterocycles. The van der Waals surface area contributed by atoms with Gasteiger partial charge in [-0.2, -0.15) is 0 Å². The second-order valence-corrected chi connectivity index (χ2v) is 9.46. The third-order valence-electron chi connectivity index (χ3n) is 7.13. The number of aliphatic hydroxyl groups is 1. The number of hydrogen-bond donors (Lipinski definition) is 4. The molecule has 3 unspecified atom stereocenters. The van der Waals surface area contributed by atoms with Crippen LogP contribution in [0, 0.1) is 5.92 Å². The Morgan fingerprint density at radius 2 is 1.97 bits per heavy atom. The van der Waals surface area contributed by atoms with Crippen LogP contribution in [0.5, 0.6) is 0 Å². The molecule has 2 aromatic heterocycles. The first kappa shape index (κ1) is 22.8. The summed E-state index contributed by atoms with van der Waals surface area (Å²) >= 11 is 0. The van der Waals surface area contributed by atoms with Gasteiger partial charge in [-0.15, -0.1) is 10.2 Å². The molecule has 4 N–H and O–H groups in total. The molecule has 7 nitrogen and oxygen atoms in total. The molecule has 0 bridgehead atoms. The number of aliphatic hydroxyl groups excluding tert-OH is 1. The van der Waals surface area contributed by atoms with E-state index in [1.54, 1.807) is 12.7 Å². The highest BCUT2D eigenvalue weighted by molar-refractivity contribution is 5.85. The number of benzene rings is 2. The predicted octanol–water partition coefficient (Wildman–Crippen LogP) is 3.76. The van der Waals surface area contributed by atoms with E-state index in [0.29, 0.717) is 12.0 Å². The highest BCUT2D eigenvalue weighted by Gasteiger charge is 2.29. The molecule has 4 atom stereocenters. The van der Waals surface area contributed by atoms with E-state index in [1.165, 1.54) is 10.9 Å². The van der Waals surface area contributed by atoms with Crippen molar-refractivity contribution in [2.24, 2.45) is 5.92 Å². The number of fused-ring (bicyclic) bond motifs is 1. The summed E-state index contributed by atoms with van der Waals surface area (Å²) in [5.41, 5.74) is 4.74. The van der Waals surface area contributed by atoms with E-state index in [1.807, 2.05) is 29.7 Å². The van der Waals surface area contributed by atoms with Gasteiger partial charge in [0.2, 0.25) is 0 Å². The normalized spacial score (nSPS) is 20.4.